The lowest BCUT2D eigenvalue weighted by atomic mass is 10.0. The first-order valence-corrected chi connectivity index (χ1v) is 12.4. The second kappa shape index (κ2) is 6.01. The fraction of sp³-hybridized carbons (Fsp3) is 0.111. The Hall–Kier alpha value is -2.97. The van der Waals surface area contributed by atoms with E-state index in [0.717, 1.165) is 0 Å². The van der Waals surface area contributed by atoms with Gasteiger partial charge in [-0.3, -0.25) is 0 Å². The summed E-state index contributed by atoms with van der Waals surface area (Å²) < 4.78 is 2.42. The monoisotopic (exact) mass is 393 g/mol. The van der Waals surface area contributed by atoms with Crippen LogP contribution in [0.5, 0.6) is 0 Å². The first kappa shape index (κ1) is 16.9. The zero-order chi connectivity index (χ0) is 19.6. The number of nitrogens with zero attached hydrogens (tertiary/aromatic N) is 1. The summed E-state index contributed by atoms with van der Waals surface area (Å²) in [6.45, 7) is 2.35. The lowest BCUT2D eigenvalue weighted by Gasteiger charge is -2.32. The standard InChI is InChI=1S/C27H23NS/c1-3-29(2)26-16-10-8-14-21(26)23-17-25-22(18-27(23)29)20-13-7-9-15-24(20)28(25)19-11-5-4-6-12-19/h4-18H,3H2,1-2H3. The van der Waals surface area contributed by atoms with Crippen molar-refractivity contribution in [2.45, 2.75) is 16.7 Å². The number of hydrogen-bond acceptors (Lipinski definition) is 0. The highest BCUT2D eigenvalue weighted by atomic mass is 32.3. The Balaban J connectivity index is 1.79. The van der Waals surface area contributed by atoms with E-state index in [1.165, 1.54) is 44.4 Å². The van der Waals surface area contributed by atoms with E-state index in [1.807, 2.05) is 0 Å². The molecule has 0 saturated heterocycles. The molecule has 0 radical (unpaired) electrons. The van der Waals surface area contributed by atoms with Gasteiger partial charge in [0.05, 0.1) is 11.0 Å². The van der Waals surface area contributed by atoms with E-state index < -0.39 is 10.0 Å². The van der Waals surface area contributed by atoms with Crippen molar-refractivity contribution in [2.24, 2.45) is 0 Å². The van der Waals surface area contributed by atoms with E-state index in [0.29, 0.717) is 0 Å². The van der Waals surface area contributed by atoms with Crippen molar-refractivity contribution in [3.05, 3.63) is 91.0 Å². The van der Waals surface area contributed by atoms with Gasteiger partial charge in [-0.25, -0.2) is 0 Å². The molecule has 1 aliphatic rings. The number of rotatable bonds is 2. The summed E-state index contributed by atoms with van der Waals surface area (Å²) in [6.07, 6.45) is 2.49. The van der Waals surface area contributed by atoms with E-state index in [2.05, 4.69) is 109 Å². The molecule has 2 heterocycles. The molecule has 1 atom stereocenters. The van der Waals surface area contributed by atoms with Crippen molar-refractivity contribution >= 4 is 31.8 Å². The number of hydrogen-bond donors (Lipinski definition) is 0. The molecule has 0 bridgehead atoms. The molecule has 5 aromatic rings. The molecule has 0 N–H and O–H groups in total. The van der Waals surface area contributed by atoms with E-state index in [-0.39, 0.29) is 0 Å². The molecule has 0 aliphatic carbocycles. The molecule has 0 amide bonds. The van der Waals surface area contributed by atoms with Crippen LogP contribution >= 0.6 is 10.0 Å². The minimum absolute atomic E-state index is 0.985. The van der Waals surface area contributed by atoms with Crippen molar-refractivity contribution in [1.29, 1.82) is 0 Å². The fourth-order valence-electron chi connectivity index (χ4n) is 4.95. The number of para-hydroxylation sites is 2. The van der Waals surface area contributed by atoms with Gasteiger partial charge in [-0.1, -0.05) is 61.5 Å². The van der Waals surface area contributed by atoms with E-state index >= 15 is 0 Å². The van der Waals surface area contributed by atoms with Crippen LogP contribution in [0.3, 0.4) is 0 Å². The molecular formula is C27H23NS. The van der Waals surface area contributed by atoms with Gasteiger partial charge < -0.3 is 4.57 Å². The lowest BCUT2D eigenvalue weighted by molar-refractivity contribution is 1.18. The topological polar surface area (TPSA) is 4.93 Å². The minimum atomic E-state index is -0.985. The van der Waals surface area contributed by atoms with Gasteiger partial charge in [-0.2, -0.15) is 10.0 Å². The minimum Gasteiger partial charge on any atom is -0.309 e. The molecule has 0 spiro atoms. The predicted octanol–water partition coefficient (Wildman–Crippen LogP) is 7.64. The van der Waals surface area contributed by atoms with Crippen molar-refractivity contribution in [3.63, 3.8) is 0 Å². The largest absolute Gasteiger partial charge is 0.309 e. The van der Waals surface area contributed by atoms with Crippen LogP contribution in [0, 0.1) is 0 Å². The van der Waals surface area contributed by atoms with Crippen LogP contribution in [-0.2, 0) is 0 Å². The van der Waals surface area contributed by atoms with Gasteiger partial charge in [-0.15, -0.1) is 0 Å². The van der Waals surface area contributed by atoms with Gasteiger partial charge in [0, 0.05) is 26.3 Å². The normalized spacial score (nSPS) is 19.8. The smallest absolute Gasteiger partial charge is 0.0548 e. The van der Waals surface area contributed by atoms with Crippen LogP contribution in [0.2, 0.25) is 0 Å². The van der Waals surface area contributed by atoms with Crippen molar-refractivity contribution < 1.29 is 0 Å². The molecular weight excluding hydrogens is 370 g/mol. The van der Waals surface area contributed by atoms with Crippen LogP contribution < -0.4 is 0 Å². The maximum Gasteiger partial charge on any atom is 0.0548 e. The summed E-state index contributed by atoms with van der Waals surface area (Å²) >= 11 is 0. The molecule has 29 heavy (non-hydrogen) atoms. The number of benzene rings is 4. The highest BCUT2D eigenvalue weighted by Gasteiger charge is 2.34. The maximum absolute atomic E-state index is 2.51. The summed E-state index contributed by atoms with van der Waals surface area (Å²) in [5.41, 5.74) is 6.64. The number of aromatic nitrogens is 1. The van der Waals surface area contributed by atoms with E-state index in [9.17, 15) is 0 Å². The summed E-state index contributed by atoms with van der Waals surface area (Å²) in [4.78, 5) is 3.09. The van der Waals surface area contributed by atoms with Gasteiger partial charge in [-0.05, 0) is 59.5 Å². The van der Waals surface area contributed by atoms with Crippen LogP contribution in [0.4, 0.5) is 0 Å². The molecule has 4 aromatic carbocycles. The van der Waals surface area contributed by atoms with Gasteiger partial charge >= 0.3 is 0 Å². The SMILES string of the molecule is CCS1(C)c2ccccc2-c2cc3c(cc21)c1ccccc1n3-c1ccccc1. The highest BCUT2D eigenvalue weighted by Crippen LogP contribution is 2.69. The van der Waals surface area contributed by atoms with Crippen LogP contribution in [0.15, 0.2) is 101 Å². The average molecular weight is 394 g/mol. The summed E-state index contributed by atoms with van der Waals surface area (Å²) in [5, 5.41) is 2.70. The van der Waals surface area contributed by atoms with Crippen molar-refractivity contribution in [1.82, 2.24) is 4.57 Å². The first-order chi connectivity index (χ1) is 14.2. The van der Waals surface area contributed by atoms with Gasteiger partial charge in [0.1, 0.15) is 0 Å². The van der Waals surface area contributed by atoms with Crippen molar-refractivity contribution in [2.75, 3.05) is 12.0 Å². The average Bonchev–Trinajstić information content (AvgIpc) is 3.24. The third kappa shape index (κ3) is 2.18. The highest BCUT2D eigenvalue weighted by molar-refractivity contribution is 8.33. The molecule has 6 rings (SSSR count). The molecule has 1 aromatic heterocycles. The second-order valence-electron chi connectivity index (χ2n) is 7.93. The fourth-order valence-corrected chi connectivity index (χ4v) is 7.88. The van der Waals surface area contributed by atoms with Crippen molar-refractivity contribution in [3.8, 4) is 16.8 Å². The zero-order valence-corrected chi connectivity index (χ0v) is 17.5. The predicted molar refractivity (Wildman–Crippen MR) is 127 cm³/mol. The first-order valence-electron chi connectivity index (χ1n) is 10.2. The Kier molecular flexibility index (Phi) is 3.51. The Bertz CT molecular complexity index is 1400. The zero-order valence-electron chi connectivity index (χ0n) is 16.7. The van der Waals surface area contributed by atoms with E-state index in [1.54, 1.807) is 9.79 Å². The Morgan fingerprint density at radius 1 is 0.655 bits per heavy atom. The molecule has 1 unspecified atom stereocenters. The molecule has 1 aliphatic heterocycles. The Morgan fingerprint density at radius 2 is 1.38 bits per heavy atom. The summed E-state index contributed by atoms with van der Waals surface area (Å²) in [6, 6.07) is 33.5. The second-order valence-corrected chi connectivity index (χ2v) is 11.6. The molecule has 0 saturated carbocycles. The quantitative estimate of drug-likeness (QED) is 0.290. The van der Waals surface area contributed by atoms with Gasteiger partial charge in [0.15, 0.2) is 0 Å². The van der Waals surface area contributed by atoms with Crippen LogP contribution in [0.25, 0.3) is 38.6 Å². The van der Waals surface area contributed by atoms with Gasteiger partial charge in [0.2, 0.25) is 0 Å². The molecule has 142 valence electrons. The molecule has 1 nitrogen and oxygen atoms in total. The van der Waals surface area contributed by atoms with E-state index in [4.69, 9.17) is 0 Å². The molecule has 2 heteroatoms. The third-order valence-corrected chi connectivity index (χ3v) is 10.3. The third-order valence-electron chi connectivity index (χ3n) is 6.51. The number of fused-ring (bicyclic) bond motifs is 6. The summed E-state index contributed by atoms with van der Waals surface area (Å²) in [5.74, 6) is 1.18. The molecule has 0 fully saturated rings. The Labute approximate surface area is 172 Å². The van der Waals surface area contributed by atoms with Gasteiger partial charge in [0.25, 0.3) is 0 Å². The summed E-state index contributed by atoms with van der Waals surface area (Å²) in [7, 11) is -0.985. The Morgan fingerprint density at radius 3 is 2.21 bits per heavy atom. The van der Waals surface area contributed by atoms with Crippen LogP contribution in [-0.4, -0.2) is 16.6 Å². The lowest BCUT2D eigenvalue weighted by Crippen LogP contribution is -1.99. The van der Waals surface area contributed by atoms with Crippen LogP contribution in [0.1, 0.15) is 6.92 Å². The maximum atomic E-state index is 2.51.